The minimum absolute atomic E-state index is 0.144. The first-order valence-electron chi connectivity index (χ1n) is 9.61. The van der Waals surface area contributed by atoms with Crippen LogP contribution in [0, 0.1) is 17.8 Å². The molecule has 1 saturated carbocycles. The van der Waals surface area contributed by atoms with Crippen molar-refractivity contribution in [2.45, 2.75) is 38.6 Å². The van der Waals surface area contributed by atoms with Crippen molar-refractivity contribution in [3.63, 3.8) is 0 Å². The number of likely N-dealkylation sites (tertiary alicyclic amines) is 1. The molecule has 1 heterocycles. The highest BCUT2D eigenvalue weighted by Crippen LogP contribution is 2.31. The van der Waals surface area contributed by atoms with E-state index in [-0.39, 0.29) is 11.8 Å². The van der Waals surface area contributed by atoms with Gasteiger partial charge in [-0.25, -0.2) is 0 Å². The van der Waals surface area contributed by atoms with Crippen LogP contribution in [0.25, 0.3) is 0 Å². The van der Waals surface area contributed by atoms with Gasteiger partial charge in [-0.05, 0) is 68.8 Å². The summed E-state index contributed by atoms with van der Waals surface area (Å²) < 4.78 is 0. The average Bonchev–Trinajstić information content (AvgIpc) is 3.12. The normalized spacial score (nSPS) is 25.2. The largest absolute Gasteiger partial charge is 0.356 e. The standard InChI is InChI=1S/C20H30ClN3O/c21-19-7-2-1-4-17(19)14-24-10-8-15(9-11-24)13-23-20(25)18-6-3-5-16(18)12-22/h1-2,4,7,15-16,18H,3,5-6,8-14,22H2,(H,23,25)/t16-,18-/m1/s1. The van der Waals surface area contributed by atoms with E-state index in [1.54, 1.807) is 0 Å². The van der Waals surface area contributed by atoms with E-state index in [4.69, 9.17) is 17.3 Å². The Bertz CT molecular complexity index is 572. The van der Waals surface area contributed by atoms with Crippen molar-refractivity contribution >= 4 is 17.5 Å². The summed E-state index contributed by atoms with van der Waals surface area (Å²) in [7, 11) is 0. The number of piperidine rings is 1. The van der Waals surface area contributed by atoms with Crippen LogP contribution in [0.2, 0.25) is 5.02 Å². The Kier molecular flexibility index (Phi) is 6.74. The number of nitrogens with one attached hydrogen (secondary N) is 1. The van der Waals surface area contributed by atoms with Gasteiger partial charge in [0.15, 0.2) is 0 Å². The number of carbonyl (C=O) groups is 1. The summed E-state index contributed by atoms with van der Waals surface area (Å²) >= 11 is 6.26. The van der Waals surface area contributed by atoms with Gasteiger partial charge < -0.3 is 11.1 Å². The molecule has 0 radical (unpaired) electrons. The Hall–Kier alpha value is -1.10. The monoisotopic (exact) mass is 363 g/mol. The Morgan fingerprint density at radius 1 is 1.20 bits per heavy atom. The molecule has 25 heavy (non-hydrogen) atoms. The molecule has 1 saturated heterocycles. The van der Waals surface area contributed by atoms with Crippen LogP contribution >= 0.6 is 11.6 Å². The van der Waals surface area contributed by atoms with Gasteiger partial charge in [-0.2, -0.15) is 0 Å². The van der Waals surface area contributed by atoms with Gasteiger partial charge in [0.25, 0.3) is 0 Å². The van der Waals surface area contributed by atoms with Gasteiger partial charge in [-0.15, -0.1) is 0 Å². The van der Waals surface area contributed by atoms with Crippen LogP contribution in [-0.2, 0) is 11.3 Å². The van der Waals surface area contributed by atoms with Crippen LogP contribution in [-0.4, -0.2) is 37.0 Å². The molecular weight excluding hydrogens is 334 g/mol. The zero-order chi connectivity index (χ0) is 17.6. The molecule has 2 atom stereocenters. The van der Waals surface area contributed by atoms with Crippen molar-refractivity contribution in [3.05, 3.63) is 34.9 Å². The summed E-state index contributed by atoms with van der Waals surface area (Å²) in [5.41, 5.74) is 6.99. The number of halogens is 1. The zero-order valence-electron chi connectivity index (χ0n) is 14.9. The molecule has 1 aromatic rings. The van der Waals surface area contributed by atoms with Gasteiger partial charge in [0.1, 0.15) is 0 Å². The van der Waals surface area contributed by atoms with Crippen LogP contribution in [0.5, 0.6) is 0 Å². The molecule has 2 fully saturated rings. The zero-order valence-corrected chi connectivity index (χ0v) is 15.7. The van der Waals surface area contributed by atoms with Crippen LogP contribution in [0.4, 0.5) is 0 Å². The summed E-state index contributed by atoms with van der Waals surface area (Å²) in [6, 6.07) is 8.07. The molecule has 138 valence electrons. The number of benzene rings is 1. The van der Waals surface area contributed by atoms with E-state index in [0.29, 0.717) is 18.4 Å². The minimum Gasteiger partial charge on any atom is -0.356 e. The van der Waals surface area contributed by atoms with Gasteiger partial charge in [-0.1, -0.05) is 36.2 Å². The molecule has 0 spiro atoms. The number of carbonyl (C=O) groups excluding carboxylic acids is 1. The molecule has 3 N–H and O–H groups in total. The lowest BCUT2D eigenvalue weighted by molar-refractivity contribution is -0.126. The molecular formula is C20H30ClN3O. The van der Waals surface area contributed by atoms with Crippen molar-refractivity contribution in [2.75, 3.05) is 26.2 Å². The average molecular weight is 364 g/mol. The van der Waals surface area contributed by atoms with Gasteiger partial charge in [0.05, 0.1) is 0 Å². The van der Waals surface area contributed by atoms with Gasteiger partial charge >= 0.3 is 0 Å². The van der Waals surface area contributed by atoms with Gasteiger partial charge in [-0.3, -0.25) is 9.69 Å². The van der Waals surface area contributed by atoms with Gasteiger partial charge in [0.2, 0.25) is 5.91 Å². The topological polar surface area (TPSA) is 58.4 Å². The second kappa shape index (κ2) is 9.02. The quantitative estimate of drug-likeness (QED) is 0.816. The van der Waals surface area contributed by atoms with Crippen LogP contribution in [0.15, 0.2) is 24.3 Å². The Morgan fingerprint density at radius 2 is 1.96 bits per heavy atom. The molecule has 1 aliphatic heterocycles. The number of rotatable bonds is 6. The fraction of sp³-hybridized carbons (Fsp3) is 0.650. The molecule has 4 nitrogen and oxygen atoms in total. The predicted molar refractivity (Wildman–Crippen MR) is 102 cm³/mol. The second-order valence-electron chi connectivity index (χ2n) is 7.59. The fourth-order valence-corrected chi connectivity index (χ4v) is 4.45. The molecule has 0 bridgehead atoms. The van der Waals surface area contributed by atoms with E-state index in [9.17, 15) is 4.79 Å². The number of hydrogen-bond acceptors (Lipinski definition) is 3. The molecule has 3 rings (SSSR count). The maximum Gasteiger partial charge on any atom is 0.223 e. The summed E-state index contributed by atoms with van der Waals surface area (Å²) in [5.74, 6) is 1.35. The van der Waals surface area contributed by atoms with E-state index < -0.39 is 0 Å². The summed E-state index contributed by atoms with van der Waals surface area (Å²) in [6.07, 6.45) is 5.52. The number of hydrogen-bond donors (Lipinski definition) is 2. The highest BCUT2D eigenvalue weighted by Gasteiger charge is 2.32. The Balaban J connectivity index is 1.39. The van der Waals surface area contributed by atoms with Crippen molar-refractivity contribution in [1.29, 1.82) is 0 Å². The van der Waals surface area contributed by atoms with Crippen LogP contribution in [0.1, 0.15) is 37.7 Å². The van der Waals surface area contributed by atoms with E-state index in [0.717, 1.165) is 63.3 Å². The molecule has 5 heteroatoms. The fourth-order valence-electron chi connectivity index (χ4n) is 4.26. The third-order valence-electron chi connectivity index (χ3n) is 5.92. The first kappa shape index (κ1) is 18.7. The Morgan fingerprint density at radius 3 is 2.68 bits per heavy atom. The highest BCUT2D eigenvalue weighted by molar-refractivity contribution is 6.31. The third kappa shape index (κ3) is 4.96. The maximum atomic E-state index is 12.4. The second-order valence-corrected chi connectivity index (χ2v) is 8.00. The first-order chi connectivity index (χ1) is 12.2. The molecule has 0 unspecified atom stereocenters. The number of nitrogens with zero attached hydrogens (tertiary/aromatic N) is 1. The maximum absolute atomic E-state index is 12.4. The number of nitrogens with two attached hydrogens (primary N) is 1. The molecule has 1 aromatic carbocycles. The smallest absolute Gasteiger partial charge is 0.223 e. The van der Waals surface area contributed by atoms with E-state index in [2.05, 4.69) is 16.3 Å². The van der Waals surface area contributed by atoms with E-state index >= 15 is 0 Å². The summed E-state index contributed by atoms with van der Waals surface area (Å²) in [6.45, 7) is 4.51. The van der Waals surface area contributed by atoms with Crippen LogP contribution in [0.3, 0.4) is 0 Å². The number of amides is 1. The Labute approximate surface area is 156 Å². The predicted octanol–water partition coefficient (Wildman–Crippen LogP) is 3.04. The lowest BCUT2D eigenvalue weighted by Crippen LogP contribution is -2.41. The molecule has 2 aliphatic rings. The van der Waals surface area contributed by atoms with Gasteiger partial charge in [0, 0.05) is 24.0 Å². The van der Waals surface area contributed by atoms with Crippen molar-refractivity contribution < 1.29 is 4.79 Å². The third-order valence-corrected chi connectivity index (χ3v) is 6.29. The minimum atomic E-state index is 0.144. The van der Waals surface area contributed by atoms with E-state index in [1.807, 2.05) is 18.2 Å². The van der Waals surface area contributed by atoms with Crippen molar-refractivity contribution in [3.8, 4) is 0 Å². The first-order valence-corrected chi connectivity index (χ1v) is 9.98. The van der Waals surface area contributed by atoms with Crippen molar-refractivity contribution in [2.24, 2.45) is 23.5 Å². The SMILES string of the molecule is NC[C@H]1CCC[C@H]1C(=O)NCC1CCN(Cc2ccccc2Cl)CC1. The lowest BCUT2D eigenvalue weighted by Gasteiger charge is -2.32. The summed E-state index contributed by atoms with van der Waals surface area (Å²) in [5, 5.41) is 4.05. The molecule has 1 aliphatic carbocycles. The highest BCUT2D eigenvalue weighted by atomic mass is 35.5. The van der Waals surface area contributed by atoms with Crippen LogP contribution < -0.4 is 11.1 Å². The molecule has 0 aromatic heterocycles. The summed E-state index contributed by atoms with van der Waals surface area (Å²) in [4.78, 5) is 14.9. The van der Waals surface area contributed by atoms with Crippen molar-refractivity contribution in [1.82, 2.24) is 10.2 Å². The lowest BCUT2D eigenvalue weighted by atomic mass is 9.93. The molecule has 1 amide bonds. The van der Waals surface area contributed by atoms with E-state index in [1.165, 1.54) is 5.56 Å².